The molecule has 2 aromatic carbocycles. The van der Waals surface area contributed by atoms with Crippen molar-refractivity contribution in [1.82, 2.24) is 14.5 Å². The van der Waals surface area contributed by atoms with Gasteiger partial charge in [-0.05, 0) is 91.6 Å². The molecule has 1 saturated heterocycles. The van der Waals surface area contributed by atoms with E-state index in [0.29, 0.717) is 24.4 Å². The molecule has 5 rings (SSSR count). The molecule has 4 aromatic rings. The van der Waals surface area contributed by atoms with Crippen LogP contribution in [-0.4, -0.2) is 46.7 Å². The SMILES string of the molecule is CCCCn1c(=O)c(NC(=O)Nc2c(C(C)C)cccc2C(C)C)c(-c2cccc(OCCCN3CCCCC3)c2)c2cccnc21. The summed E-state index contributed by atoms with van der Waals surface area (Å²) < 4.78 is 7.92. The molecule has 2 aromatic heterocycles. The molecule has 250 valence electrons. The van der Waals surface area contributed by atoms with Crippen LogP contribution >= 0.6 is 0 Å². The van der Waals surface area contributed by atoms with Crippen molar-refractivity contribution < 1.29 is 9.53 Å². The highest BCUT2D eigenvalue weighted by Gasteiger charge is 2.23. The Hall–Kier alpha value is -4.17. The summed E-state index contributed by atoms with van der Waals surface area (Å²) in [4.78, 5) is 35.4. The maximum Gasteiger partial charge on any atom is 0.323 e. The van der Waals surface area contributed by atoms with Crippen LogP contribution < -0.4 is 20.9 Å². The number of pyridine rings is 2. The minimum Gasteiger partial charge on any atom is -0.494 e. The second-order valence-electron chi connectivity index (χ2n) is 13.3. The Bertz CT molecular complexity index is 1700. The van der Waals surface area contributed by atoms with Crippen LogP contribution in [0, 0.1) is 0 Å². The third-order valence-corrected chi connectivity index (χ3v) is 9.06. The number of carbonyl (C=O) groups excluding carboxylic acids is 1. The summed E-state index contributed by atoms with van der Waals surface area (Å²) in [5.74, 6) is 1.15. The summed E-state index contributed by atoms with van der Waals surface area (Å²) in [6.07, 6.45) is 8.29. The topological polar surface area (TPSA) is 88.5 Å². The molecule has 3 heterocycles. The number of aromatic nitrogens is 2. The van der Waals surface area contributed by atoms with Gasteiger partial charge in [0.05, 0.1) is 6.61 Å². The number of ether oxygens (including phenoxy) is 1. The van der Waals surface area contributed by atoms with Crippen LogP contribution in [0.25, 0.3) is 22.2 Å². The number of fused-ring (bicyclic) bond motifs is 1. The van der Waals surface area contributed by atoms with Gasteiger partial charge in [0.1, 0.15) is 17.1 Å². The molecule has 0 bridgehead atoms. The van der Waals surface area contributed by atoms with Gasteiger partial charge in [0.15, 0.2) is 0 Å². The minimum atomic E-state index is -0.450. The second kappa shape index (κ2) is 16.1. The number of aryl methyl sites for hydroxylation is 1. The molecule has 0 radical (unpaired) electrons. The van der Waals surface area contributed by atoms with E-state index in [1.54, 1.807) is 10.8 Å². The standard InChI is InChI=1S/C39H51N5O3/c1-6-7-24-44-37-33(19-13-20-40-37)34(29-15-11-16-30(26-29)47-25-14-23-43-21-9-8-10-22-43)36(38(44)45)42-39(46)41-35-31(27(2)3)17-12-18-32(35)28(4)5/h11-13,15-20,26-28H,6-10,14,21-25H2,1-5H3,(H2,41,42,46). The first-order chi connectivity index (χ1) is 22.8. The van der Waals surface area contributed by atoms with Gasteiger partial charge in [0.2, 0.25) is 0 Å². The fourth-order valence-electron chi connectivity index (χ4n) is 6.58. The van der Waals surface area contributed by atoms with Crippen molar-refractivity contribution >= 4 is 28.4 Å². The lowest BCUT2D eigenvalue weighted by molar-refractivity contribution is 0.205. The highest BCUT2D eigenvalue weighted by Crippen LogP contribution is 2.36. The number of piperidine rings is 1. The molecule has 2 amide bonds. The number of likely N-dealkylation sites (tertiary alicyclic amines) is 1. The highest BCUT2D eigenvalue weighted by molar-refractivity contribution is 6.07. The van der Waals surface area contributed by atoms with Crippen molar-refractivity contribution in [3.8, 4) is 16.9 Å². The Morgan fingerprint density at radius 2 is 1.57 bits per heavy atom. The average Bonchev–Trinajstić information content (AvgIpc) is 3.07. The molecule has 0 atom stereocenters. The fraction of sp³-hybridized carbons (Fsp3) is 0.462. The quantitative estimate of drug-likeness (QED) is 0.143. The van der Waals surface area contributed by atoms with E-state index in [1.807, 2.05) is 42.5 Å². The molecule has 1 aliphatic rings. The summed E-state index contributed by atoms with van der Waals surface area (Å²) in [5, 5.41) is 6.95. The van der Waals surface area contributed by atoms with E-state index in [1.165, 1.54) is 32.4 Å². The second-order valence-corrected chi connectivity index (χ2v) is 13.3. The number of hydrogen-bond donors (Lipinski definition) is 2. The minimum absolute atomic E-state index is 0.208. The number of nitrogens with zero attached hydrogens (tertiary/aromatic N) is 3. The van der Waals surface area contributed by atoms with Gasteiger partial charge in [0.25, 0.3) is 5.56 Å². The van der Waals surface area contributed by atoms with E-state index < -0.39 is 6.03 Å². The van der Waals surface area contributed by atoms with E-state index in [9.17, 15) is 9.59 Å². The van der Waals surface area contributed by atoms with E-state index >= 15 is 0 Å². The molecule has 47 heavy (non-hydrogen) atoms. The Morgan fingerprint density at radius 3 is 2.28 bits per heavy atom. The first kappa shape index (κ1) is 34.2. The molecule has 8 heteroatoms. The van der Waals surface area contributed by atoms with Crippen molar-refractivity contribution in [3.63, 3.8) is 0 Å². The summed E-state index contributed by atoms with van der Waals surface area (Å²) in [6, 6.07) is 17.4. The molecule has 8 nitrogen and oxygen atoms in total. The van der Waals surface area contributed by atoms with Crippen LogP contribution in [0.4, 0.5) is 16.2 Å². The first-order valence-corrected chi connectivity index (χ1v) is 17.5. The number of carbonyl (C=O) groups is 1. The highest BCUT2D eigenvalue weighted by atomic mass is 16.5. The number of unbranched alkanes of at least 4 members (excludes halogenated alkanes) is 1. The van der Waals surface area contributed by atoms with Crippen molar-refractivity contribution in [2.24, 2.45) is 0 Å². The van der Waals surface area contributed by atoms with Crippen molar-refractivity contribution in [2.45, 2.75) is 91.5 Å². The van der Waals surface area contributed by atoms with Gasteiger partial charge in [-0.1, -0.05) is 77.8 Å². The third-order valence-electron chi connectivity index (χ3n) is 9.06. The molecule has 1 fully saturated rings. The molecule has 1 aliphatic heterocycles. The zero-order valence-corrected chi connectivity index (χ0v) is 28.8. The lowest BCUT2D eigenvalue weighted by atomic mass is 9.93. The summed E-state index contributed by atoms with van der Waals surface area (Å²) in [7, 11) is 0. The number of hydrogen-bond acceptors (Lipinski definition) is 5. The average molecular weight is 638 g/mol. The number of nitrogens with one attached hydrogen (secondary N) is 2. The summed E-state index contributed by atoms with van der Waals surface area (Å²) in [5.41, 5.74) is 4.90. The van der Waals surface area contributed by atoms with Gasteiger partial charge in [-0.3, -0.25) is 9.36 Å². The van der Waals surface area contributed by atoms with E-state index in [4.69, 9.17) is 4.74 Å². The number of benzene rings is 2. The molecule has 0 aliphatic carbocycles. The zero-order valence-electron chi connectivity index (χ0n) is 28.8. The van der Waals surface area contributed by atoms with Crippen molar-refractivity contribution in [2.75, 3.05) is 36.9 Å². The van der Waals surface area contributed by atoms with Crippen molar-refractivity contribution in [3.05, 3.63) is 82.3 Å². The summed E-state index contributed by atoms with van der Waals surface area (Å²) in [6.45, 7) is 15.1. The van der Waals surface area contributed by atoms with Crippen LogP contribution in [0.3, 0.4) is 0 Å². The van der Waals surface area contributed by atoms with Crippen LogP contribution in [-0.2, 0) is 6.54 Å². The van der Waals surface area contributed by atoms with E-state index in [-0.39, 0.29) is 23.1 Å². The first-order valence-electron chi connectivity index (χ1n) is 17.5. The number of para-hydroxylation sites is 1. The van der Waals surface area contributed by atoms with Crippen LogP contribution in [0.5, 0.6) is 5.75 Å². The molecular formula is C39H51N5O3. The van der Waals surface area contributed by atoms with Gasteiger partial charge in [0, 0.05) is 35.9 Å². The van der Waals surface area contributed by atoms with Gasteiger partial charge in [-0.2, -0.15) is 0 Å². The molecule has 0 saturated carbocycles. The fourth-order valence-corrected chi connectivity index (χ4v) is 6.58. The van der Waals surface area contributed by atoms with Crippen LogP contribution in [0.2, 0.25) is 0 Å². The molecule has 0 unspecified atom stereocenters. The predicted molar refractivity (Wildman–Crippen MR) is 194 cm³/mol. The number of anilines is 2. The largest absolute Gasteiger partial charge is 0.494 e. The molecule has 2 N–H and O–H groups in total. The number of rotatable bonds is 13. The molecular weight excluding hydrogens is 586 g/mol. The normalized spacial score (nSPS) is 13.8. The van der Waals surface area contributed by atoms with E-state index in [0.717, 1.165) is 59.3 Å². The third kappa shape index (κ3) is 8.22. The maximum atomic E-state index is 14.3. The van der Waals surface area contributed by atoms with E-state index in [2.05, 4.69) is 67.3 Å². The van der Waals surface area contributed by atoms with Gasteiger partial charge in [-0.15, -0.1) is 0 Å². The van der Waals surface area contributed by atoms with Gasteiger partial charge in [-0.25, -0.2) is 9.78 Å². The number of urea groups is 1. The predicted octanol–water partition coefficient (Wildman–Crippen LogP) is 9.01. The summed E-state index contributed by atoms with van der Waals surface area (Å²) >= 11 is 0. The zero-order chi connectivity index (χ0) is 33.3. The van der Waals surface area contributed by atoms with Crippen molar-refractivity contribution in [1.29, 1.82) is 0 Å². The smallest absolute Gasteiger partial charge is 0.323 e. The Morgan fingerprint density at radius 1 is 0.872 bits per heavy atom. The Labute approximate surface area is 279 Å². The maximum absolute atomic E-state index is 14.3. The molecule has 0 spiro atoms. The van der Waals surface area contributed by atoms with Gasteiger partial charge >= 0.3 is 6.03 Å². The monoisotopic (exact) mass is 637 g/mol. The van der Waals surface area contributed by atoms with Gasteiger partial charge < -0.3 is 20.3 Å². The van der Waals surface area contributed by atoms with Crippen LogP contribution in [0.1, 0.15) is 96.1 Å². The Balaban J connectivity index is 1.51. The van der Waals surface area contributed by atoms with Crippen LogP contribution in [0.15, 0.2) is 65.6 Å². The lowest BCUT2D eigenvalue weighted by Gasteiger charge is -2.26. The lowest BCUT2D eigenvalue weighted by Crippen LogP contribution is -2.31. The number of amides is 2. The Kier molecular flexibility index (Phi) is 11.7.